The summed E-state index contributed by atoms with van der Waals surface area (Å²) in [7, 11) is -3.48. The molecule has 1 amide bonds. The fourth-order valence-electron chi connectivity index (χ4n) is 3.98. The van der Waals surface area contributed by atoms with E-state index in [0.717, 1.165) is 19.3 Å². The topological polar surface area (TPSA) is 66.5 Å². The van der Waals surface area contributed by atoms with Crippen molar-refractivity contribution in [1.29, 1.82) is 0 Å². The van der Waals surface area contributed by atoms with E-state index in [2.05, 4.69) is 31.3 Å². The summed E-state index contributed by atoms with van der Waals surface area (Å²) in [4.78, 5) is 12.4. The molecule has 0 saturated carbocycles. The van der Waals surface area contributed by atoms with Crippen molar-refractivity contribution in [3.05, 3.63) is 36.4 Å². The minimum atomic E-state index is -3.48. The average Bonchev–Trinajstić information content (AvgIpc) is 3.07. The van der Waals surface area contributed by atoms with E-state index in [0.29, 0.717) is 43.0 Å². The second-order valence-corrected chi connectivity index (χ2v) is 9.75. The first-order valence-corrected chi connectivity index (χ1v) is 10.9. The molecule has 1 fully saturated rings. The second kappa shape index (κ2) is 7.92. The van der Waals surface area contributed by atoms with E-state index in [-0.39, 0.29) is 10.8 Å². The van der Waals surface area contributed by atoms with Crippen molar-refractivity contribution in [3.63, 3.8) is 0 Å². The third-order valence-electron chi connectivity index (χ3n) is 5.17. The molecule has 0 bridgehead atoms. The summed E-state index contributed by atoms with van der Waals surface area (Å²) in [5.74, 6) is 1.03. The molecule has 0 spiro atoms. The van der Waals surface area contributed by atoms with Crippen LogP contribution in [0.3, 0.4) is 0 Å². The van der Waals surface area contributed by atoms with E-state index in [1.165, 1.54) is 0 Å². The first kappa shape index (κ1) is 19.1. The van der Waals surface area contributed by atoms with Gasteiger partial charge in [-0.15, -0.1) is 0 Å². The number of carbonyl (C=O) groups excluding carboxylic acids is 1. The molecule has 142 valence electrons. The number of amides is 1. The Labute approximate surface area is 156 Å². The Balaban J connectivity index is 1.64. The minimum Gasteiger partial charge on any atom is -0.326 e. The highest BCUT2D eigenvalue weighted by molar-refractivity contribution is 7.89. The number of carbonyl (C=O) groups is 1. The number of hydrogen-bond acceptors (Lipinski definition) is 3. The third-order valence-corrected chi connectivity index (χ3v) is 7.02. The molecule has 1 aromatic rings. The molecular weight excluding hydrogens is 348 g/mol. The van der Waals surface area contributed by atoms with Crippen LogP contribution in [0.2, 0.25) is 0 Å². The smallest absolute Gasteiger partial charge is 0.243 e. The average molecular weight is 377 g/mol. The number of nitrogens with zero attached hydrogens (tertiary/aromatic N) is 1. The molecule has 0 radical (unpaired) electrons. The van der Waals surface area contributed by atoms with Crippen LogP contribution >= 0.6 is 0 Å². The lowest BCUT2D eigenvalue weighted by molar-refractivity contribution is -0.116. The number of hydrogen-bond donors (Lipinski definition) is 1. The molecule has 0 aromatic heterocycles. The molecule has 0 unspecified atom stereocenters. The van der Waals surface area contributed by atoms with Crippen LogP contribution in [0.15, 0.2) is 41.3 Å². The highest BCUT2D eigenvalue weighted by atomic mass is 32.2. The molecular formula is C20H28N2O3S. The van der Waals surface area contributed by atoms with Crippen molar-refractivity contribution < 1.29 is 13.2 Å². The van der Waals surface area contributed by atoms with Crippen LogP contribution in [-0.4, -0.2) is 31.7 Å². The Morgan fingerprint density at radius 2 is 1.81 bits per heavy atom. The van der Waals surface area contributed by atoms with E-state index in [9.17, 15) is 13.2 Å². The van der Waals surface area contributed by atoms with Gasteiger partial charge in [0.2, 0.25) is 15.9 Å². The molecule has 5 nitrogen and oxygen atoms in total. The zero-order valence-electron chi connectivity index (χ0n) is 15.5. The standard InChI is InChI=1S/C20H28N2O3S/c1-15-11-16(2)14-22(13-15)26(24,25)19-9-7-18(8-10-19)21-20(23)12-17-5-3-4-6-17/h3,5,7-10,15-17H,4,6,11-14H2,1-2H3,(H,21,23)/t15-,16-,17+/m1/s1. The van der Waals surface area contributed by atoms with Gasteiger partial charge in [0.05, 0.1) is 4.90 Å². The lowest BCUT2D eigenvalue weighted by Crippen LogP contribution is -2.42. The molecule has 6 heteroatoms. The SMILES string of the molecule is C[C@@H]1C[C@@H](C)CN(S(=O)(=O)c2ccc(NC(=O)C[C@H]3C=CCC3)cc2)C1. The van der Waals surface area contributed by atoms with Crippen molar-refractivity contribution in [2.45, 2.75) is 44.4 Å². The number of anilines is 1. The number of rotatable bonds is 5. The van der Waals surface area contributed by atoms with Gasteiger partial charge >= 0.3 is 0 Å². The second-order valence-electron chi connectivity index (χ2n) is 7.81. The molecule has 1 N–H and O–H groups in total. The van der Waals surface area contributed by atoms with Crippen molar-refractivity contribution >= 4 is 21.6 Å². The lowest BCUT2D eigenvalue weighted by atomic mass is 9.94. The minimum absolute atomic E-state index is 0.0316. The van der Waals surface area contributed by atoms with Crippen LogP contribution in [-0.2, 0) is 14.8 Å². The molecule has 1 aliphatic carbocycles. The van der Waals surface area contributed by atoms with Gasteiger partial charge in [0, 0.05) is 25.2 Å². The quantitative estimate of drug-likeness (QED) is 0.798. The molecule has 1 aromatic carbocycles. The monoisotopic (exact) mass is 376 g/mol. The Kier molecular flexibility index (Phi) is 5.82. The van der Waals surface area contributed by atoms with E-state index >= 15 is 0 Å². The largest absolute Gasteiger partial charge is 0.326 e. The van der Waals surface area contributed by atoms with Gasteiger partial charge < -0.3 is 5.32 Å². The van der Waals surface area contributed by atoms with Crippen LogP contribution in [0.5, 0.6) is 0 Å². The van der Waals surface area contributed by atoms with Crippen LogP contribution in [0, 0.1) is 17.8 Å². The van der Waals surface area contributed by atoms with E-state index < -0.39 is 10.0 Å². The number of piperidine rings is 1. The number of sulfonamides is 1. The van der Waals surface area contributed by atoms with Gasteiger partial charge in [0.15, 0.2) is 0 Å². The highest BCUT2D eigenvalue weighted by Crippen LogP contribution is 2.27. The van der Waals surface area contributed by atoms with Gasteiger partial charge in [-0.2, -0.15) is 4.31 Å². The highest BCUT2D eigenvalue weighted by Gasteiger charge is 2.31. The van der Waals surface area contributed by atoms with E-state index in [4.69, 9.17) is 0 Å². The van der Waals surface area contributed by atoms with Crippen LogP contribution in [0.1, 0.15) is 39.5 Å². The van der Waals surface area contributed by atoms with Gasteiger partial charge in [-0.05, 0) is 61.3 Å². The molecule has 3 atom stereocenters. The van der Waals surface area contributed by atoms with Crippen molar-refractivity contribution in [1.82, 2.24) is 4.31 Å². The fourth-order valence-corrected chi connectivity index (χ4v) is 5.66. The summed E-state index contributed by atoms with van der Waals surface area (Å²) in [6.07, 6.45) is 7.80. The van der Waals surface area contributed by atoms with Gasteiger partial charge in [-0.25, -0.2) is 8.42 Å². The van der Waals surface area contributed by atoms with Crippen LogP contribution < -0.4 is 5.32 Å². The summed E-state index contributed by atoms with van der Waals surface area (Å²) in [5, 5.41) is 2.86. The van der Waals surface area contributed by atoms with Gasteiger partial charge in [-0.3, -0.25) is 4.79 Å². The predicted molar refractivity (Wildman–Crippen MR) is 103 cm³/mol. The Morgan fingerprint density at radius 3 is 2.38 bits per heavy atom. The first-order chi connectivity index (χ1) is 12.3. The predicted octanol–water partition coefficient (Wildman–Crippen LogP) is 3.65. The van der Waals surface area contributed by atoms with Crippen LogP contribution in [0.4, 0.5) is 5.69 Å². The number of benzene rings is 1. The van der Waals surface area contributed by atoms with Crippen molar-refractivity contribution in [2.24, 2.45) is 17.8 Å². The first-order valence-electron chi connectivity index (χ1n) is 9.41. The lowest BCUT2D eigenvalue weighted by Gasteiger charge is -2.34. The summed E-state index contributed by atoms with van der Waals surface area (Å²) >= 11 is 0. The number of nitrogens with one attached hydrogen (secondary N) is 1. The van der Waals surface area contributed by atoms with Gasteiger partial charge in [0.25, 0.3) is 0 Å². The Morgan fingerprint density at radius 1 is 1.15 bits per heavy atom. The Hall–Kier alpha value is -1.66. The zero-order chi connectivity index (χ0) is 18.7. The van der Waals surface area contributed by atoms with Crippen molar-refractivity contribution in [2.75, 3.05) is 18.4 Å². The maximum Gasteiger partial charge on any atom is 0.243 e. The maximum absolute atomic E-state index is 12.9. The van der Waals surface area contributed by atoms with Gasteiger partial charge in [-0.1, -0.05) is 26.0 Å². The molecule has 1 aliphatic heterocycles. The Bertz CT molecular complexity index is 761. The van der Waals surface area contributed by atoms with Crippen molar-refractivity contribution in [3.8, 4) is 0 Å². The summed E-state index contributed by atoms with van der Waals surface area (Å²) in [5.41, 5.74) is 0.635. The third kappa shape index (κ3) is 4.54. The van der Waals surface area contributed by atoms with Crippen LogP contribution in [0.25, 0.3) is 0 Å². The molecule has 1 saturated heterocycles. The molecule has 26 heavy (non-hydrogen) atoms. The fraction of sp³-hybridized carbons (Fsp3) is 0.550. The number of allylic oxidation sites excluding steroid dienone is 2. The van der Waals surface area contributed by atoms with E-state index in [1.54, 1.807) is 28.6 Å². The summed E-state index contributed by atoms with van der Waals surface area (Å²) in [6.45, 7) is 5.33. The van der Waals surface area contributed by atoms with E-state index in [1.807, 2.05) is 0 Å². The molecule has 1 heterocycles. The zero-order valence-corrected chi connectivity index (χ0v) is 16.3. The molecule has 2 aliphatic rings. The van der Waals surface area contributed by atoms with Gasteiger partial charge in [0.1, 0.15) is 0 Å². The maximum atomic E-state index is 12.9. The summed E-state index contributed by atoms with van der Waals surface area (Å²) in [6, 6.07) is 6.52. The normalized spacial score (nSPS) is 26.8. The molecule has 3 rings (SSSR count). The summed E-state index contributed by atoms with van der Waals surface area (Å²) < 4.78 is 27.3.